The number of hydrogen-bond acceptors (Lipinski definition) is 5. The van der Waals surface area contributed by atoms with Gasteiger partial charge in [-0.25, -0.2) is 4.68 Å². The Kier molecular flexibility index (Phi) is 5.16. The molecule has 0 radical (unpaired) electrons. The van der Waals surface area contributed by atoms with Gasteiger partial charge in [0.25, 0.3) is 0 Å². The van der Waals surface area contributed by atoms with Crippen LogP contribution in [0, 0.1) is 17.8 Å². The van der Waals surface area contributed by atoms with Gasteiger partial charge < -0.3 is 9.47 Å². The summed E-state index contributed by atoms with van der Waals surface area (Å²) in [5.41, 5.74) is 1.97. The second-order valence-electron chi connectivity index (χ2n) is 6.96. The van der Waals surface area contributed by atoms with Crippen LogP contribution in [0.1, 0.15) is 19.8 Å². The van der Waals surface area contributed by atoms with Crippen LogP contribution in [0.2, 0.25) is 0 Å². The molecule has 4 rings (SSSR count). The van der Waals surface area contributed by atoms with Crippen molar-refractivity contribution in [1.29, 1.82) is 0 Å². The van der Waals surface area contributed by atoms with E-state index in [1.165, 1.54) is 12.8 Å². The lowest BCUT2D eigenvalue weighted by Gasteiger charge is -2.13. The molecule has 2 aliphatic rings. The molecule has 1 heterocycles. The van der Waals surface area contributed by atoms with Gasteiger partial charge in [-0.15, -0.1) is 11.3 Å². The van der Waals surface area contributed by atoms with Crippen molar-refractivity contribution in [3.05, 3.63) is 40.5 Å². The molecule has 0 N–H and O–H groups in total. The molecule has 0 amide bonds. The van der Waals surface area contributed by atoms with Crippen molar-refractivity contribution < 1.29 is 9.47 Å². The second kappa shape index (κ2) is 7.72. The van der Waals surface area contributed by atoms with Gasteiger partial charge in [0.05, 0.1) is 19.9 Å². The van der Waals surface area contributed by atoms with E-state index in [1.807, 2.05) is 29.8 Å². The van der Waals surface area contributed by atoms with Crippen molar-refractivity contribution >= 4 is 17.6 Å². The Bertz CT molecular complexity index is 941. The van der Waals surface area contributed by atoms with Crippen LogP contribution in [0.25, 0.3) is 11.3 Å². The Morgan fingerprint density at radius 1 is 1.22 bits per heavy atom. The first-order valence-corrected chi connectivity index (χ1v) is 10.3. The predicted octanol–water partition coefficient (Wildman–Crippen LogP) is 4.20. The molecule has 1 saturated carbocycles. The Hall–Kier alpha value is -2.34. The van der Waals surface area contributed by atoms with E-state index in [2.05, 4.69) is 28.7 Å². The molecule has 5 nitrogen and oxygen atoms in total. The van der Waals surface area contributed by atoms with Gasteiger partial charge in [-0.3, -0.25) is 4.99 Å². The van der Waals surface area contributed by atoms with Gasteiger partial charge >= 0.3 is 0 Å². The van der Waals surface area contributed by atoms with Gasteiger partial charge in [-0.05, 0) is 43.7 Å². The van der Waals surface area contributed by atoms with E-state index in [0.717, 1.165) is 40.0 Å². The maximum Gasteiger partial charge on any atom is 0.206 e. The maximum absolute atomic E-state index is 5.60. The number of methoxy groups -OCH3 is 2. The summed E-state index contributed by atoms with van der Waals surface area (Å²) >= 11 is 1.60. The van der Waals surface area contributed by atoms with Gasteiger partial charge in [-0.1, -0.05) is 12.2 Å². The Morgan fingerprint density at radius 2 is 2.11 bits per heavy atom. The van der Waals surface area contributed by atoms with Crippen molar-refractivity contribution in [2.45, 2.75) is 19.8 Å². The largest absolute Gasteiger partial charge is 0.497 e. The lowest BCUT2D eigenvalue weighted by Crippen LogP contribution is -2.15. The lowest BCUT2D eigenvalue weighted by molar-refractivity contribution is 0.395. The summed E-state index contributed by atoms with van der Waals surface area (Å²) in [7, 11) is 3.34. The summed E-state index contributed by atoms with van der Waals surface area (Å²) in [6, 6.07) is 5.86. The monoisotopic (exact) mass is 383 g/mol. The summed E-state index contributed by atoms with van der Waals surface area (Å²) in [6.07, 6.45) is 9.31. The topological polar surface area (TPSA) is 48.1 Å². The number of ether oxygens (including phenoxy) is 2. The molecule has 3 unspecified atom stereocenters. The van der Waals surface area contributed by atoms with Crippen LogP contribution in [0.3, 0.4) is 0 Å². The summed E-state index contributed by atoms with van der Waals surface area (Å²) in [4.78, 5) is 5.53. The van der Waals surface area contributed by atoms with Gasteiger partial charge in [0.1, 0.15) is 11.5 Å². The molecular weight excluding hydrogens is 358 g/mol. The lowest BCUT2D eigenvalue weighted by atomic mass is 9.95. The predicted molar refractivity (Wildman–Crippen MR) is 110 cm³/mol. The van der Waals surface area contributed by atoms with E-state index in [9.17, 15) is 0 Å². The first-order chi connectivity index (χ1) is 13.2. The number of rotatable bonds is 6. The van der Waals surface area contributed by atoms with Gasteiger partial charge in [0.15, 0.2) is 0 Å². The minimum absolute atomic E-state index is 0.521. The fourth-order valence-corrected chi connectivity index (χ4v) is 4.89. The van der Waals surface area contributed by atoms with Gasteiger partial charge in [-0.2, -0.15) is 5.10 Å². The molecule has 2 bridgehead atoms. The second-order valence-corrected chi connectivity index (χ2v) is 7.80. The number of hydrogen-bond donors (Lipinski definition) is 0. The van der Waals surface area contributed by atoms with Crippen molar-refractivity contribution in [1.82, 2.24) is 4.68 Å². The standard InChI is InChI=1S/C21H25N3O2S/c1-4-22-21-24(23-12-16-10-14-5-6-15(16)9-14)19(13-27-21)18-8-7-17(25-2)11-20(18)26-3/h5-8,11-16H,4,9-10H2,1-3H3. The van der Waals surface area contributed by atoms with Crippen LogP contribution in [-0.4, -0.2) is 31.7 Å². The smallest absolute Gasteiger partial charge is 0.206 e. The molecule has 142 valence electrons. The van der Waals surface area contributed by atoms with E-state index >= 15 is 0 Å². The summed E-state index contributed by atoms with van der Waals surface area (Å²) in [5, 5.41) is 6.96. The van der Waals surface area contributed by atoms with Crippen LogP contribution in [0.15, 0.2) is 45.8 Å². The highest BCUT2D eigenvalue weighted by molar-refractivity contribution is 7.07. The highest BCUT2D eigenvalue weighted by Crippen LogP contribution is 2.42. The van der Waals surface area contributed by atoms with Gasteiger partial charge in [0.2, 0.25) is 4.80 Å². The highest BCUT2D eigenvalue weighted by atomic mass is 32.1. The van der Waals surface area contributed by atoms with Gasteiger partial charge in [0, 0.05) is 35.7 Å². The number of thiazole rings is 1. The average molecular weight is 384 g/mol. The molecule has 1 fully saturated rings. The normalized spacial score (nSPS) is 24.3. The van der Waals surface area contributed by atoms with Crippen LogP contribution in [-0.2, 0) is 0 Å². The van der Waals surface area contributed by atoms with Crippen LogP contribution < -0.4 is 14.3 Å². The third kappa shape index (κ3) is 3.46. The number of allylic oxidation sites excluding steroid dienone is 2. The zero-order valence-corrected chi connectivity index (χ0v) is 16.8. The first kappa shape index (κ1) is 18.0. The molecule has 0 saturated heterocycles. The fraction of sp³-hybridized carbons (Fsp3) is 0.429. The SMILES string of the molecule is CCN=c1scc(-c2ccc(OC)cc2OC)n1N=CC1CC2C=CC1C2. The molecule has 6 heteroatoms. The zero-order valence-electron chi connectivity index (χ0n) is 16.0. The third-order valence-corrected chi connectivity index (χ3v) is 6.22. The molecule has 1 aromatic heterocycles. The quantitative estimate of drug-likeness (QED) is 0.554. The van der Waals surface area contributed by atoms with Crippen molar-refractivity contribution in [3.8, 4) is 22.8 Å². The minimum atomic E-state index is 0.521. The first-order valence-electron chi connectivity index (χ1n) is 9.39. The molecule has 1 aromatic carbocycles. The van der Waals surface area contributed by atoms with Crippen molar-refractivity contribution in [3.63, 3.8) is 0 Å². The minimum Gasteiger partial charge on any atom is -0.497 e. The summed E-state index contributed by atoms with van der Waals surface area (Å²) in [6.45, 7) is 2.77. The van der Waals surface area contributed by atoms with Crippen molar-refractivity contribution in [2.75, 3.05) is 20.8 Å². The van der Waals surface area contributed by atoms with E-state index in [-0.39, 0.29) is 0 Å². The molecule has 3 atom stereocenters. The van der Waals surface area contributed by atoms with Crippen molar-refractivity contribution in [2.24, 2.45) is 27.8 Å². The highest BCUT2D eigenvalue weighted by Gasteiger charge is 2.34. The van der Waals surface area contributed by atoms with E-state index in [4.69, 9.17) is 14.6 Å². The van der Waals surface area contributed by atoms with E-state index in [0.29, 0.717) is 11.8 Å². The third-order valence-electron chi connectivity index (χ3n) is 5.37. The fourth-order valence-electron chi connectivity index (χ4n) is 4.00. The maximum atomic E-state index is 5.60. The molecule has 27 heavy (non-hydrogen) atoms. The average Bonchev–Trinajstić information content (AvgIpc) is 3.42. The Morgan fingerprint density at radius 3 is 2.78 bits per heavy atom. The number of fused-ring (bicyclic) bond motifs is 2. The zero-order chi connectivity index (χ0) is 18.8. The van der Waals surface area contributed by atoms with E-state index in [1.54, 1.807) is 25.6 Å². The van der Waals surface area contributed by atoms with E-state index < -0.39 is 0 Å². The van der Waals surface area contributed by atoms with Crippen LogP contribution >= 0.6 is 11.3 Å². The molecule has 0 spiro atoms. The Balaban J connectivity index is 1.74. The Labute approximate surface area is 163 Å². The molecular formula is C21H25N3O2S. The summed E-state index contributed by atoms with van der Waals surface area (Å²) < 4.78 is 12.9. The summed E-state index contributed by atoms with van der Waals surface area (Å²) in [5.74, 6) is 3.44. The number of benzene rings is 1. The van der Waals surface area contributed by atoms with Crippen LogP contribution in [0.5, 0.6) is 11.5 Å². The molecule has 2 aromatic rings. The number of nitrogens with zero attached hydrogens (tertiary/aromatic N) is 3. The molecule has 0 aliphatic heterocycles. The van der Waals surface area contributed by atoms with Crippen LogP contribution in [0.4, 0.5) is 0 Å². The molecule has 2 aliphatic carbocycles. The number of aromatic nitrogens is 1.